The van der Waals surface area contributed by atoms with Gasteiger partial charge in [0.25, 0.3) is 0 Å². The monoisotopic (exact) mass is 269 g/mol. The fourth-order valence-electron chi connectivity index (χ4n) is 1.71. The smallest absolute Gasteiger partial charge is 0.310 e. The van der Waals surface area contributed by atoms with Crippen molar-refractivity contribution in [1.29, 1.82) is 0 Å². The zero-order valence-corrected chi connectivity index (χ0v) is 11.3. The van der Waals surface area contributed by atoms with Crippen molar-refractivity contribution in [3.63, 3.8) is 0 Å². The molecule has 0 aromatic heterocycles. The van der Waals surface area contributed by atoms with Gasteiger partial charge in [-0.05, 0) is 25.5 Å². The summed E-state index contributed by atoms with van der Waals surface area (Å²) in [5, 5.41) is 20.5. The molecule has 0 aliphatic rings. The minimum Gasteiger partial charge on any atom is -0.484 e. The van der Waals surface area contributed by atoms with E-state index in [0.29, 0.717) is 6.42 Å². The highest BCUT2D eigenvalue weighted by Gasteiger charge is 2.17. The number of benzene rings is 1. The number of rotatable bonds is 7. The summed E-state index contributed by atoms with van der Waals surface area (Å²) in [6.07, 6.45) is -0.434. The van der Waals surface area contributed by atoms with Gasteiger partial charge in [-0.3, -0.25) is 10.1 Å². The third kappa shape index (κ3) is 4.84. The highest BCUT2D eigenvalue weighted by Crippen LogP contribution is 2.29. The van der Waals surface area contributed by atoms with E-state index in [1.165, 1.54) is 13.2 Å². The number of hydrogen-bond donors (Lipinski definition) is 1. The summed E-state index contributed by atoms with van der Waals surface area (Å²) >= 11 is 0. The molecule has 0 amide bonds. The van der Waals surface area contributed by atoms with Crippen molar-refractivity contribution in [3.8, 4) is 5.75 Å². The molecule has 1 N–H and O–H groups in total. The minimum absolute atomic E-state index is 0.0707. The first-order chi connectivity index (χ1) is 8.93. The van der Waals surface area contributed by atoms with Crippen molar-refractivity contribution in [2.45, 2.75) is 32.5 Å². The van der Waals surface area contributed by atoms with Crippen LogP contribution in [0.5, 0.6) is 5.75 Å². The predicted octanol–water partition coefficient (Wildman–Crippen LogP) is 1.93. The van der Waals surface area contributed by atoms with Gasteiger partial charge in [0.1, 0.15) is 0 Å². The van der Waals surface area contributed by atoms with Gasteiger partial charge in [0.05, 0.1) is 23.7 Å². The molecule has 1 atom stereocenters. The number of methoxy groups -OCH3 is 1. The normalized spacial score (nSPS) is 12.5. The van der Waals surface area contributed by atoms with Gasteiger partial charge in [0.2, 0.25) is 0 Å². The summed E-state index contributed by atoms with van der Waals surface area (Å²) in [6.45, 7) is 3.82. The van der Waals surface area contributed by atoms with Gasteiger partial charge in [-0.25, -0.2) is 0 Å². The van der Waals surface area contributed by atoms with Crippen LogP contribution in [0.15, 0.2) is 18.2 Å². The van der Waals surface area contributed by atoms with Crippen LogP contribution in [0.1, 0.15) is 19.4 Å². The Hall–Kier alpha value is -1.66. The number of ether oxygens (including phenoxy) is 2. The van der Waals surface area contributed by atoms with Crippen molar-refractivity contribution in [1.82, 2.24) is 0 Å². The summed E-state index contributed by atoms with van der Waals surface area (Å²) in [5.74, 6) is 0.224. The molecule has 0 radical (unpaired) electrons. The van der Waals surface area contributed by atoms with E-state index in [4.69, 9.17) is 9.47 Å². The van der Waals surface area contributed by atoms with E-state index >= 15 is 0 Å². The van der Waals surface area contributed by atoms with Gasteiger partial charge < -0.3 is 14.6 Å². The Morgan fingerprint density at radius 2 is 2.11 bits per heavy atom. The zero-order valence-electron chi connectivity index (χ0n) is 11.3. The number of hydrogen-bond acceptors (Lipinski definition) is 5. The van der Waals surface area contributed by atoms with Crippen LogP contribution in [0.2, 0.25) is 0 Å². The van der Waals surface area contributed by atoms with E-state index < -0.39 is 11.0 Å². The molecule has 0 aliphatic heterocycles. The summed E-state index contributed by atoms with van der Waals surface area (Å²) in [5.41, 5.74) is 0.699. The molecule has 1 aromatic rings. The second-order valence-electron chi connectivity index (χ2n) is 4.54. The molecule has 1 rings (SSSR count). The van der Waals surface area contributed by atoms with Gasteiger partial charge in [0, 0.05) is 19.6 Å². The maximum Gasteiger partial charge on any atom is 0.310 e. The first kappa shape index (κ1) is 15.4. The second kappa shape index (κ2) is 7.06. The molecular formula is C13H19NO5. The van der Waals surface area contributed by atoms with Crippen LogP contribution < -0.4 is 4.74 Å². The van der Waals surface area contributed by atoms with Gasteiger partial charge in [0.15, 0.2) is 5.75 Å². The fourth-order valence-corrected chi connectivity index (χ4v) is 1.71. The fraction of sp³-hybridized carbons (Fsp3) is 0.538. The lowest BCUT2D eigenvalue weighted by atomic mass is 10.1. The van der Waals surface area contributed by atoms with Gasteiger partial charge in [-0.15, -0.1) is 0 Å². The van der Waals surface area contributed by atoms with Crippen LogP contribution in [0, 0.1) is 10.1 Å². The molecule has 19 heavy (non-hydrogen) atoms. The van der Waals surface area contributed by atoms with Gasteiger partial charge in [-0.2, -0.15) is 0 Å². The lowest BCUT2D eigenvalue weighted by molar-refractivity contribution is -0.386. The Morgan fingerprint density at radius 1 is 1.42 bits per heavy atom. The molecule has 0 saturated carbocycles. The molecule has 1 aromatic carbocycles. The van der Waals surface area contributed by atoms with Crippen LogP contribution in [0.3, 0.4) is 0 Å². The number of nitro groups is 1. The first-order valence-corrected chi connectivity index (χ1v) is 6.05. The zero-order chi connectivity index (χ0) is 14.4. The van der Waals surface area contributed by atoms with Gasteiger partial charge >= 0.3 is 5.69 Å². The molecule has 6 nitrogen and oxygen atoms in total. The number of nitro benzene ring substituents is 1. The van der Waals surface area contributed by atoms with Crippen LogP contribution in [0.25, 0.3) is 0 Å². The number of aliphatic hydroxyl groups excluding tert-OH is 1. The topological polar surface area (TPSA) is 81.8 Å². The van der Waals surface area contributed by atoms with E-state index in [1.54, 1.807) is 26.0 Å². The minimum atomic E-state index is -0.640. The average molecular weight is 269 g/mol. The highest BCUT2D eigenvalue weighted by molar-refractivity contribution is 5.48. The Kier molecular flexibility index (Phi) is 5.72. The maximum absolute atomic E-state index is 10.9. The standard InChI is InChI=1S/C13H19NO5/c1-9(2)19-13-7-10(6-11(15)8-18-3)4-5-12(13)14(16)17/h4-5,7,9,11,15H,6,8H2,1-3H3. The molecule has 1 unspecified atom stereocenters. The van der Waals surface area contributed by atoms with Gasteiger partial charge in [-0.1, -0.05) is 6.07 Å². The number of aliphatic hydroxyl groups is 1. The molecule has 0 fully saturated rings. The van der Waals surface area contributed by atoms with Crippen LogP contribution in [0.4, 0.5) is 5.69 Å². The Balaban J connectivity index is 2.94. The highest BCUT2D eigenvalue weighted by atomic mass is 16.6. The largest absolute Gasteiger partial charge is 0.484 e. The Morgan fingerprint density at radius 3 is 2.63 bits per heavy atom. The third-order valence-corrected chi connectivity index (χ3v) is 2.41. The van der Waals surface area contributed by atoms with Crippen molar-refractivity contribution in [2.24, 2.45) is 0 Å². The Labute approximate surface area is 112 Å². The van der Waals surface area contributed by atoms with E-state index in [1.807, 2.05) is 0 Å². The molecule has 0 bridgehead atoms. The molecule has 0 saturated heterocycles. The van der Waals surface area contributed by atoms with Crippen molar-refractivity contribution in [3.05, 3.63) is 33.9 Å². The van der Waals surface area contributed by atoms with Crippen molar-refractivity contribution < 1.29 is 19.5 Å². The van der Waals surface area contributed by atoms with Crippen molar-refractivity contribution >= 4 is 5.69 Å². The van der Waals surface area contributed by atoms with Crippen LogP contribution >= 0.6 is 0 Å². The molecule has 0 spiro atoms. The van der Waals surface area contributed by atoms with Crippen LogP contribution in [-0.2, 0) is 11.2 Å². The molecule has 6 heteroatoms. The molecule has 0 heterocycles. The lowest BCUT2D eigenvalue weighted by Gasteiger charge is -2.13. The van der Waals surface area contributed by atoms with E-state index in [2.05, 4.69) is 0 Å². The summed E-state index contributed by atoms with van der Waals surface area (Å²) < 4.78 is 10.3. The average Bonchev–Trinajstić information content (AvgIpc) is 2.28. The van der Waals surface area contributed by atoms with E-state index in [0.717, 1.165) is 5.56 Å². The lowest BCUT2D eigenvalue weighted by Crippen LogP contribution is -2.17. The molecule has 0 aliphatic carbocycles. The summed E-state index contributed by atoms with van der Waals surface area (Å²) in [4.78, 5) is 10.4. The molecular weight excluding hydrogens is 250 g/mol. The van der Waals surface area contributed by atoms with E-state index in [9.17, 15) is 15.2 Å². The predicted molar refractivity (Wildman–Crippen MR) is 70.4 cm³/mol. The summed E-state index contributed by atoms with van der Waals surface area (Å²) in [6, 6.07) is 4.60. The Bertz CT molecular complexity index is 433. The van der Waals surface area contributed by atoms with E-state index in [-0.39, 0.29) is 24.1 Å². The second-order valence-corrected chi connectivity index (χ2v) is 4.54. The maximum atomic E-state index is 10.9. The third-order valence-electron chi connectivity index (χ3n) is 2.41. The molecule has 106 valence electrons. The summed E-state index contributed by atoms with van der Waals surface area (Å²) in [7, 11) is 1.51. The quantitative estimate of drug-likeness (QED) is 0.604. The SMILES string of the molecule is COCC(O)Cc1ccc([N+](=O)[O-])c(OC(C)C)c1. The van der Waals surface area contributed by atoms with Crippen LogP contribution in [-0.4, -0.2) is 36.0 Å². The number of nitrogens with zero attached hydrogens (tertiary/aromatic N) is 1. The first-order valence-electron chi connectivity index (χ1n) is 6.05. The van der Waals surface area contributed by atoms with Crippen molar-refractivity contribution in [2.75, 3.05) is 13.7 Å².